The smallest absolute Gasteiger partial charge is 0.195 e. The van der Waals surface area contributed by atoms with Crippen molar-refractivity contribution in [3.63, 3.8) is 0 Å². The Bertz CT molecular complexity index is 171. The molecule has 0 amide bonds. The average molecular weight is 154 g/mol. The molecule has 0 spiro atoms. The summed E-state index contributed by atoms with van der Waals surface area (Å²) in [6.07, 6.45) is 0. The lowest BCUT2D eigenvalue weighted by atomic mass is 10.2. The zero-order valence-corrected chi connectivity index (χ0v) is 6.57. The van der Waals surface area contributed by atoms with E-state index in [9.17, 15) is 12.3 Å². The molecule has 0 aromatic heterocycles. The minimum Gasteiger partial charge on any atom is -0.195 e. The zero-order valence-electron chi connectivity index (χ0n) is 5.76. The maximum Gasteiger partial charge on any atom is 0.305 e. The highest BCUT2D eigenvalue weighted by atomic mass is 32.3. The van der Waals surface area contributed by atoms with Crippen molar-refractivity contribution in [3.8, 4) is 0 Å². The molecule has 0 N–H and O–H groups in total. The third-order valence-corrected chi connectivity index (χ3v) is 2.82. The van der Waals surface area contributed by atoms with Crippen LogP contribution in [0.5, 0.6) is 0 Å². The van der Waals surface area contributed by atoms with E-state index in [2.05, 4.69) is 0 Å². The number of rotatable bonds is 2. The van der Waals surface area contributed by atoms with Crippen molar-refractivity contribution in [1.82, 2.24) is 0 Å². The van der Waals surface area contributed by atoms with Crippen molar-refractivity contribution < 1.29 is 12.3 Å². The maximum atomic E-state index is 12.0. The Labute approximate surface area is 55.3 Å². The summed E-state index contributed by atoms with van der Waals surface area (Å²) < 4.78 is 32.2. The van der Waals surface area contributed by atoms with Crippen LogP contribution >= 0.6 is 0 Å². The normalized spacial score (nSPS) is 16.1. The lowest BCUT2D eigenvalue weighted by Crippen LogP contribution is -2.18. The van der Waals surface area contributed by atoms with Crippen molar-refractivity contribution in [3.05, 3.63) is 0 Å². The zero-order chi connectivity index (χ0) is 7.65. The minimum absolute atomic E-state index is 0.153. The second-order valence-electron chi connectivity index (χ2n) is 2.42. The van der Waals surface area contributed by atoms with Gasteiger partial charge in [0.15, 0.2) is 0 Å². The monoisotopic (exact) mass is 154 g/mol. The fourth-order valence-corrected chi connectivity index (χ4v) is 0.975. The van der Waals surface area contributed by atoms with Crippen LogP contribution in [0.3, 0.4) is 0 Å². The topological polar surface area (TPSA) is 34.1 Å². The highest BCUT2D eigenvalue weighted by Crippen LogP contribution is 2.12. The first kappa shape index (κ1) is 8.88. The van der Waals surface area contributed by atoms with E-state index < -0.39 is 15.5 Å². The molecule has 9 heavy (non-hydrogen) atoms. The average Bonchev–Trinajstić information content (AvgIpc) is 1.62. The predicted octanol–water partition coefficient (Wildman–Crippen LogP) is 1.33. The Hall–Kier alpha value is -0.120. The molecule has 0 aromatic rings. The first-order valence-corrected chi connectivity index (χ1v) is 4.24. The van der Waals surface area contributed by atoms with E-state index in [1.54, 1.807) is 13.8 Å². The molecule has 0 aromatic carbocycles. The third kappa shape index (κ3) is 2.79. The van der Waals surface area contributed by atoms with Crippen LogP contribution in [0.4, 0.5) is 3.89 Å². The summed E-state index contributed by atoms with van der Waals surface area (Å²) in [7, 11) is -4.30. The quantitative estimate of drug-likeness (QED) is 0.562. The van der Waals surface area contributed by atoms with E-state index in [-0.39, 0.29) is 5.92 Å². The Morgan fingerprint density at radius 3 is 1.56 bits per heavy atom. The summed E-state index contributed by atoms with van der Waals surface area (Å²) in [5.74, 6) is -0.153. The van der Waals surface area contributed by atoms with Crippen molar-refractivity contribution in [2.24, 2.45) is 5.92 Å². The van der Waals surface area contributed by atoms with E-state index >= 15 is 0 Å². The molecule has 2 nitrogen and oxygen atoms in total. The molecule has 0 saturated carbocycles. The summed E-state index contributed by atoms with van der Waals surface area (Å²) >= 11 is 0. The van der Waals surface area contributed by atoms with Gasteiger partial charge >= 0.3 is 10.2 Å². The minimum atomic E-state index is -4.30. The van der Waals surface area contributed by atoms with Gasteiger partial charge in [0.25, 0.3) is 0 Å². The highest BCUT2D eigenvalue weighted by Gasteiger charge is 2.22. The van der Waals surface area contributed by atoms with Crippen LogP contribution in [-0.4, -0.2) is 13.7 Å². The van der Waals surface area contributed by atoms with E-state index in [4.69, 9.17) is 0 Å². The van der Waals surface area contributed by atoms with Gasteiger partial charge in [-0.1, -0.05) is 13.8 Å². The molecule has 0 saturated heterocycles. The standard InChI is InChI=1S/C5H11FO2S/c1-4(2)5(3)9(6,7)8/h4-5H,1-3H3/t5-/m1/s1. The first-order chi connectivity index (χ1) is 3.85. The lowest BCUT2D eigenvalue weighted by Gasteiger charge is -2.08. The fraction of sp³-hybridized carbons (Fsp3) is 1.00. The molecule has 0 aliphatic heterocycles. The molecule has 0 rings (SSSR count). The van der Waals surface area contributed by atoms with Crippen LogP contribution in [0.15, 0.2) is 0 Å². The van der Waals surface area contributed by atoms with Gasteiger partial charge in [0, 0.05) is 0 Å². The van der Waals surface area contributed by atoms with Crippen molar-refractivity contribution in [2.45, 2.75) is 26.0 Å². The summed E-state index contributed by atoms with van der Waals surface area (Å²) in [6.45, 7) is 4.70. The molecule has 0 fully saturated rings. The Balaban J connectivity index is 4.24. The third-order valence-electron chi connectivity index (χ3n) is 1.38. The molecule has 0 unspecified atom stereocenters. The van der Waals surface area contributed by atoms with Gasteiger partial charge in [-0.15, -0.1) is 3.89 Å². The second kappa shape index (κ2) is 2.64. The maximum absolute atomic E-state index is 12.0. The van der Waals surface area contributed by atoms with Gasteiger partial charge in [0.05, 0.1) is 5.25 Å². The Morgan fingerprint density at radius 2 is 1.56 bits per heavy atom. The molecule has 0 heterocycles. The highest BCUT2D eigenvalue weighted by molar-refractivity contribution is 7.87. The van der Waals surface area contributed by atoms with Gasteiger partial charge in [0.1, 0.15) is 0 Å². The van der Waals surface area contributed by atoms with Crippen LogP contribution in [0.1, 0.15) is 20.8 Å². The van der Waals surface area contributed by atoms with Crippen molar-refractivity contribution in [1.29, 1.82) is 0 Å². The van der Waals surface area contributed by atoms with Crippen LogP contribution in [-0.2, 0) is 10.2 Å². The van der Waals surface area contributed by atoms with E-state index in [1.165, 1.54) is 6.92 Å². The molecular formula is C5H11FO2S. The van der Waals surface area contributed by atoms with E-state index in [0.29, 0.717) is 0 Å². The lowest BCUT2D eigenvalue weighted by molar-refractivity contribution is 0.506. The Kier molecular flexibility index (Phi) is 2.61. The van der Waals surface area contributed by atoms with Crippen LogP contribution in [0, 0.1) is 5.92 Å². The van der Waals surface area contributed by atoms with Crippen LogP contribution < -0.4 is 0 Å². The first-order valence-electron chi connectivity index (χ1n) is 2.79. The molecular weight excluding hydrogens is 143 g/mol. The summed E-state index contributed by atoms with van der Waals surface area (Å²) in [6, 6.07) is 0. The van der Waals surface area contributed by atoms with Gasteiger partial charge in [-0.2, -0.15) is 8.42 Å². The van der Waals surface area contributed by atoms with E-state index in [1.807, 2.05) is 0 Å². The van der Waals surface area contributed by atoms with E-state index in [0.717, 1.165) is 0 Å². The second-order valence-corrected chi connectivity index (χ2v) is 4.12. The van der Waals surface area contributed by atoms with Gasteiger partial charge in [-0.25, -0.2) is 0 Å². The molecule has 1 atom stereocenters. The van der Waals surface area contributed by atoms with Gasteiger partial charge in [-0.05, 0) is 12.8 Å². The molecule has 0 bridgehead atoms. The SMILES string of the molecule is CC(C)[C@@H](C)S(=O)(=O)F. The number of hydrogen-bond donors (Lipinski definition) is 0. The summed E-state index contributed by atoms with van der Waals surface area (Å²) in [5.41, 5.74) is 0. The number of hydrogen-bond acceptors (Lipinski definition) is 2. The largest absolute Gasteiger partial charge is 0.305 e. The number of halogens is 1. The van der Waals surface area contributed by atoms with Crippen LogP contribution in [0.2, 0.25) is 0 Å². The fourth-order valence-electron chi connectivity index (χ4n) is 0.325. The van der Waals surface area contributed by atoms with Crippen LogP contribution in [0.25, 0.3) is 0 Å². The van der Waals surface area contributed by atoms with Gasteiger partial charge in [-0.3, -0.25) is 0 Å². The molecule has 0 radical (unpaired) electrons. The molecule has 56 valence electrons. The molecule has 0 aliphatic rings. The van der Waals surface area contributed by atoms with Crippen molar-refractivity contribution in [2.75, 3.05) is 0 Å². The molecule has 0 aliphatic carbocycles. The van der Waals surface area contributed by atoms with Gasteiger partial charge in [0.2, 0.25) is 0 Å². The predicted molar refractivity (Wildman–Crippen MR) is 34.3 cm³/mol. The van der Waals surface area contributed by atoms with Crippen molar-refractivity contribution >= 4 is 10.2 Å². The molecule has 4 heteroatoms. The summed E-state index contributed by atoms with van der Waals surface area (Å²) in [5, 5.41) is -0.877. The summed E-state index contributed by atoms with van der Waals surface area (Å²) in [4.78, 5) is 0. The Morgan fingerprint density at radius 1 is 1.22 bits per heavy atom. The van der Waals surface area contributed by atoms with Gasteiger partial charge < -0.3 is 0 Å².